The van der Waals surface area contributed by atoms with Crippen molar-refractivity contribution >= 4 is 23.7 Å². The number of phenols is 1. The summed E-state index contributed by atoms with van der Waals surface area (Å²) in [6.07, 6.45) is 0.304. The minimum Gasteiger partial charge on any atom is -0.508 e. The molecule has 0 fully saturated rings. The second-order valence-electron chi connectivity index (χ2n) is 8.57. The fourth-order valence-corrected chi connectivity index (χ4v) is 3.35. The Bertz CT molecular complexity index is 1010. The van der Waals surface area contributed by atoms with Crippen LogP contribution in [0.3, 0.4) is 0 Å². The largest absolute Gasteiger partial charge is 0.508 e. The summed E-state index contributed by atoms with van der Waals surface area (Å²) >= 11 is 0. The summed E-state index contributed by atoms with van der Waals surface area (Å²) in [7, 11) is 0. The number of hydrogen-bond acceptors (Lipinski definition) is 6. The molecule has 0 aromatic heterocycles. The zero-order chi connectivity index (χ0) is 26.0. The third kappa shape index (κ3) is 9.09. The van der Waals surface area contributed by atoms with E-state index < -0.39 is 48.4 Å². The second-order valence-corrected chi connectivity index (χ2v) is 8.57. The number of carbonyl (C=O) groups excluding carboxylic acids is 3. The van der Waals surface area contributed by atoms with Gasteiger partial charge in [-0.1, -0.05) is 56.3 Å². The Morgan fingerprint density at radius 3 is 2.03 bits per heavy atom. The number of rotatable bonds is 12. The van der Waals surface area contributed by atoms with Crippen molar-refractivity contribution in [1.82, 2.24) is 16.0 Å². The molecule has 10 heteroatoms. The van der Waals surface area contributed by atoms with E-state index in [1.165, 1.54) is 12.1 Å². The van der Waals surface area contributed by atoms with Gasteiger partial charge in [0.1, 0.15) is 17.8 Å². The molecule has 3 atom stereocenters. The Morgan fingerprint density at radius 1 is 0.857 bits per heavy atom. The summed E-state index contributed by atoms with van der Waals surface area (Å²) in [5.41, 5.74) is 7.38. The Hall–Kier alpha value is -3.92. The van der Waals surface area contributed by atoms with Crippen LogP contribution in [0, 0.1) is 5.92 Å². The zero-order valence-electron chi connectivity index (χ0n) is 19.7. The molecule has 0 bridgehead atoms. The molecule has 0 saturated carbocycles. The first kappa shape index (κ1) is 27.3. The fourth-order valence-electron chi connectivity index (χ4n) is 3.35. The van der Waals surface area contributed by atoms with Crippen LogP contribution in [-0.4, -0.2) is 58.6 Å². The first-order valence-corrected chi connectivity index (χ1v) is 11.2. The lowest BCUT2D eigenvalue weighted by atomic mass is 10.0. The van der Waals surface area contributed by atoms with Crippen molar-refractivity contribution in [2.24, 2.45) is 11.7 Å². The van der Waals surface area contributed by atoms with Crippen LogP contribution in [0.1, 0.15) is 25.0 Å². The highest BCUT2D eigenvalue weighted by atomic mass is 16.4. The van der Waals surface area contributed by atoms with Crippen molar-refractivity contribution in [1.29, 1.82) is 0 Å². The predicted octanol–water partition coefficient (Wildman–Crippen LogP) is 0.331. The highest BCUT2D eigenvalue weighted by Gasteiger charge is 2.29. The molecular formula is C25H32N4O6. The molecule has 0 saturated heterocycles. The van der Waals surface area contributed by atoms with Crippen LogP contribution in [0.2, 0.25) is 0 Å². The van der Waals surface area contributed by atoms with Gasteiger partial charge in [-0.15, -0.1) is 0 Å². The van der Waals surface area contributed by atoms with E-state index in [0.29, 0.717) is 0 Å². The van der Waals surface area contributed by atoms with Crippen molar-refractivity contribution in [3.05, 3.63) is 65.7 Å². The van der Waals surface area contributed by atoms with Crippen LogP contribution >= 0.6 is 0 Å². The van der Waals surface area contributed by atoms with Gasteiger partial charge in [-0.05, 0) is 35.6 Å². The van der Waals surface area contributed by atoms with Crippen LogP contribution in [0.4, 0.5) is 0 Å². The van der Waals surface area contributed by atoms with Crippen molar-refractivity contribution < 1.29 is 29.4 Å². The van der Waals surface area contributed by atoms with E-state index in [-0.39, 0.29) is 24.5 Å². The van der Waals surface area contributed by atoms with Gasteiger partial charge in [0.25, 0.3) is 0 Å². The maximum Gasteiger partial charge on any atom is 0.326 e. The summed E-state index contributed by atoms with van der Waals surface area (Å²) < 4.78 is 0. The molecule has 0 aliphatic rings. The normalized spacial score (nSPS) is 13.4. The third-order valence-corrected chi connectivity index (χ3v) is 5.31. The molecular weight excluding hydrogens is 452 g/mol. The van der Waals surface area contributed by atoms with Crippen LogP contribution in [0.15, 0.2) is 54.6 Å². The number of phenolic OH excluding ortho intramolecular Hbond substituents is 1. The summed E-state index contributed by atoms with van der Waals surface area (Å²) in [6.45, 7) is 3.03. The number of carboxylic acid groups (broad SMARTS) is 1. The maximum absolute atomic E-state index is 12.8. The molecule has 188 valence electrons. The van der Waals surface area contributed by atoms with Crippen molar-refractivity contribution in [2.75, 3.05) is 6.54 Å². The molecule has 3 amide bonds. The lowest BCUT2D eigenvalue weighted by Gasteiger charge is -2.24. The molecule has 0 aliphatic heterocycles. The number of amides is 3. The molecule has 7 N–H and O–H groups in total. The van der Waals surface area contributed by atoms with Crippen molar-refractivity contribution in [3.8, 4) is 5.75 Å². The highest BCUT2D eigenvalue weighted by molar-refractivity contribution is 5.92. The molecule has 2 aromatic rings. The van der Waals surface area contributed by atoms with Crippen LogP contribution < -0.4 is 21.7 Å². The highest BCUT2D eigenvalue weighted by Crippen LogP contribution is 2.11. The van der Waals surface area contributed by atoms with E-state index in [1.54, 1.807) is 56.3 Å². The maximum atomic E-state index is 12.8. The van der Waals surface area contributed by atoms with Gasteiger partial charge in [0, 0.05) is 6.42 Å². The van der Waals surface area contributed by atoms with Gasteiger partial charge in [0.05, 0.1) is 12.6 Å². The quantitative estimate of drug-likeness (QED) is 0.252. The van der Waals surface area contributed by atoms with Gasteiger partial charge in [-0.2, -0.15) is 0 Å². The van der Waals surface area contributed by atoms with Crippen molar-refractivity contribution in [2.45, 2.75) is 44.8 Å². The lowest BCUT2D eigenvalue weighted by Crippen LogP contribution is -2.56. The van der Waals surface area contributed by atoms with Gasteiger partial charge >= 0.3 is 5.97 Å². The summed E-state index contributed by atoms with van der Waals surface area (Å²) in [5.74, 6) is -3.22. The average molecular weight is 485 g/mol. The molecule has 2 rings (SSSR count). The zero-order valence-corrected chi connectivity index (χ0v) is 19.7. The van der Waals surface area contributed by atoms with Crippen LogP contribution in [0.5, 0.6) is 5.75 Å². The lowest BCUT2D eigenvalue weighted by molar-refractivity contribution is -0.142. The smallest absolute Gasteiger partial charge is 0.326 e. The molecule has 10 nitrogen and oxygen atoms in total. The van der Waals surface area contributed by atoms with E-state index in [0.717, 1.165) is 11.1 Å². The molecule has 3 unspecified atom stereocenters. The Labute approximate surface area is 203 Å². The summed E-state index contributed by atoms with van der Waals surface area (Å²) in [4.78, 5) is 49.1. The monoisotopic (exact) mass is 484 g/mol. The summed E-state index contributed by atoms with van der Waals surface area (Å²) in [6, 6.07) is 12.1. The Kier molecular flexibility index (Phi) is 10.2. The Balaban J connectivity index is 1.89. The van der Waals surface area contributed by atoms with E-state index in [4.69, 9.17) is 5.73 Å². The topological polar surface area (TPSA) is 171 Å². The number of benzene rings is 2. The van der Waals surface area contributed by atoms with Crippen molar-refractivity contribution in [3.63, 3.8) is 0 Å². The second kappa shape index (κ2) is 13.1. The number of carboxylic acids is 1. The fraction of sp³-hybridized carbons (Fsp3) is 0.360. The van der Waals surface area contributed by atoms with Crippen LogP contribution in [0.25, 0.3) is 0 Å². The number of aliphatic carboxylic acids is 1. The number of nitrogens with one attached hydrogen (secondary N) is 3. The van der Waals surface area contributed by atoms with E-state index in [2.05, 4.69) is 16.0 Å². The van der Waals surface area contributed by atoms with E-state index >= 15 is 0 Å². The molecule has 35 heavy (non-hydrogen) atoms. The molecule has 0 aliphatic carbocycles. The number of hydrogen-bond donors (Lipinski definition) is 6. The first-order valence-electron chi connectivity index (χ1n) is 11.2. The average Bonchev–Trinajstić information content (AvgIpc) is 2.82. The standard InChI is InChI=1S/C25H32N4O6/c1-15(2)22(24(33)28-20(25(34)35)13-16-6-4-3-5-7-16)29-21(31)14-27-23(32)19(26)12-17-8-10-18(30)11-9-17/h3-11,15,19-20,22,30H,12-14,26H2,1-2H3,(H,27,32)(H,28,33)(H,29,31)(H,34,35). The van der Waals surface area contributed by atoms with Gasteiger partial charge in [0.2, 0.25) is 17.7 Å². The van der Waals surface area contributed by atoms with Gasteiger partial charge in [-0.25, -0.2) is 4.79 Å². The minimum absolute atomic E-state index is 0.0929. The van der Waals surface area contributed by atoms with Crippen LogP contribution in [-0.2, 0) is 32.0 Å². The number of carbonyl (C=O) groups is 4. The van der Waals surface area contributed by atoms with Gasteiger partial charge < -0.3 is 31.9 Å². The first-order chi connectivity index (χ1) is 16.6. The Morgan fingerprint density at radius 2 is 1.46 bits per heavy atom. The third-order valence-electron chi connectivity index (χ3n) is 5.31. The molecule has 0 radical (unpaired) electrons. The SMILES string of the molecule is CC(C)C(NC(=O)CNC(=O)C(N)Cc1ccc(O)cc1)C(=O)NC(Cc1ccccc1)C(=O)O. The van der Waals surface area contributed by atoms with E-state index in [9.17, 15) is 29.4 Å². The summed E-state index contributed by atoms with van der Waals surface area (Å²) in [5, 5.41) is 26.3. The number of aromatic hydroxyl groups is 1. The van der Waals surface area contributed by atoms with Gasteiger partial charge in [0.15, 0.2) is 0 Å². The van der Waals surface area contributed by atoms with Gasteiger partial charge in [-0.3, -0.25) is 14.4 Å². The molecule has 0 heterocycles. The molecule has 0 spiro atoms. The number of nitrogens with two attached hydrogens (primary N) is 1. The van der Waals surface area contributed by atoms with E-state index in [1.807, 2.05) is 0 Å². The molecule has 2 aromatic carbocycles. The minimum atomic E-state index is -1.19. The predicted molar refractivity (Wildman–Crippen MR) is 129 cm³/mol.